The molecule has 10 heteroatoms. The zero-order valence-electron chi connectivity index (χ0n) is 59.0. The molecule has 0 amide bonds. The van der Waals surface area contributed by atoms with E-state index in [0.717, 1.165) is 77.2 Å². The van der Waals surface area contributed by atoms with Crippen molar-refractivity contribution in [3.05, 3.63) is 99.9 Å². The topological polar surface area (TPSA) is 44.0 Å². The first-order valence-electron chi connectivity index (χ1n) is 38.3. The van der Waals surface area contributed by atoms with E-state index in [1.165, 1.54) is 303 Å². The van der Waals surface area contributed by atoms with E-state index in [-0.39, 0.29) is 51.8 Å². The van der Waals surface area contributed by atoms with Gasteiger partial charge in [0.15, 0.2) is 0 Å². The van der Waals surface area contributed by atoms with Crippen LogP contribution in [0.2, 0.25) is 0 Å². The number of rotatable bonds is 55. The van der Waals surface area contributed by atoms with Crippen molar-refractivity contribution in [2.75, 3.05) is 0 Å². The van der Waals surface area contributed by atoms with Gasteiger partial charge in [0.05, 0.1) is 0 Å². The Balaban J connectivity index is 1.26. The third-order valence-electron chi connectivity index (χ3n) is 19.8. The summed E-state index contributed by atoms with van der Waals surface area (Å²) in [5, 5.41) is 0. The van der Waals surface area contributed by atoms with Gasteiger partial charge in [0.25, 0.3) is 0 Å². The Morgan fingerprint density at radius 1 is 0.380 bits per heavy atom. The van der Waals surface area contributed by atoms with Crippen LogP contribution in [0.3, 0.4) is 0 Å². The Hall–Kier alpha value is -2.84. The van der Waals surface area contributed by atoms with Crippen LogP contribution in [0, 0.1) is 37.3 Å². The van der Waals surface area contributed by atoms with Gasteiger partial charge in [-0.2, -0.15) is 0 Å². The molecule has 2 atom stereocenters. The van der Waals surface area contributed by atoms with E-state index in [2.05, 4.69) is 74.1 Å². The molecule has 6 rings (SSSR count). The zero-order valence-corrected chi connectivity index (χ0v) is 64.0. The van der Waals surface area contributed by atoms with Gasteiger partial charge in [-0.05, 0) is 0 Å². The Morgan fingerprint density at radius 2 is 0.696 bits per heavy atom. The molecule has 2 unspecified atom stereocenters. The standard InChI is InChI=1S/C82H126F2N2O2S2Se2/c1-7-11-15-19-23-27-29-33-37-41-49-67(47-39-35-31-25-21-17-13-9-3)51-43-45-59-85-76-64-72(78-57-58-79(92-78)80-74(84)62-70(90-80)55-54-69-61-73(83)66(6)89-69)82(88)86(75(76)63-71(81(85)87)77-56-53-65(5)91-77)60-46-44-52-68(48-40-36-32-26-22-18-14-10-4)50-42-38-34-30-28-24-20-16-12-8-2/h53-58,61-64,67-68H,7-52,59-60H2,1-6H3/b55-54+. The molecule has 6 heterocycles. The smallest absolute Gasteiger partial charge is 0.0654 e. The van der Waals surface area contributed by atoms with E-state index in [0.29, 0.717) is 28.4 Å². The minimum Gasteiger partial charge on any atom is -0.0654 e. The maximum atomic E-state index is 16.0. The van der Waals surface area contributed by atoms with E-state index in [1.54, 1.807) is 13.0 Å². The Labute approximate surface area is 579 Å². The summed E-state index contributed by atoms with van der Waals surface area (Å²) in [5.74, 6) is 0.956. The normalized spacial score (nSPS) is 12.7. The monoisotopic (exact) mass is 1430 g/mol. The van der Waals surface area contributed by atoms with Crippen molar-refractivity contribution >= 4 is 74.9 Å². The van der Waals surface area contributed by atoms with Gasteiger partial charge in [-0.1, -0.05) is 207 Å². The van der Waals surface area contributed by atoms with Crippen LogP contribution in [0.25, 0.3) is 52.5 Å². The van der Waals surface area contributed by atoms with Gasteiger partial charge in [-0.25, -0.2) is 0 Å². The van der Waals surface area contributed by atoms with Gasteiger partial charge in [-0.3, -0.25) is 0 Å². The molecule has 0 saturated heterocycles. The molecular formula is C82H126F2N2O2S2Se2. The Kier molecular flexibility index (Phi) is 40.1. The summed E-state index contributed by atoms with van der Waals surface area (Å²) < 4.78 is 38.7. The second-order valence-electron chi connectivity index (χ2n) is 27.8. The first kappa shape index (κ1) is 78.2. The summed E-state index contributed by atoms with van der Waals surface area (Å²) >= 11 is 2.52. The average molecular weight is 1430 g/mol. The average Bonchev–Trinajstić information content (AvgIpc) is 1.000. The van der Waals surface area contributed by atoms with Crippen LogP contribution in [0.15, 0.2) is 58.1 Å². The van der Waals surface area contributed by atoms with E-state index < -0.39 is 0 Å². The van der Waals surface area contributed by atoms with Gasteiger partial charge >= 0.3 is 376 Å². The fourth-order valence-electron chi connectivity index (χ4n) is 14.1. The molecule has 6 aromatic rings. The molecule has 514 valence electrons. The molecule has 0 aliphatic carbocycles. The van der Waals surface area contributed by atoms with Crippen molar-refractivity contribution in [3.8, 4) is 29.3 Å². The summed E-state index contributed by atoms with van der Waals surface area (Å²) in [5.41, 5.74) is 3.21. The molecule has 0 spiro atoms. The molecule has 0 fully saturated rings. The fourth-order valence-corrected chi connectivity index (χ4v) is 20.1. The molecule has 0 radical (unpaired) electrons. The number of nitrogens with zero attached hydrogens (tertiary/aromatic N) is 2. The molecule has 0 N–H and O–H groups in total. The van der Waals surface area contributed by atoms with Gasteiger partial charge in [0.1, 0.15) is 0 Å². The van der Waals surface area contributed by atoms with Gasteiger partial charge in [0.2, 0.25) is 0 Å². The van der Waals surface area contributed by atoms with Crippen molar-refractivity contribution in [2.24, 2.45) is 11.8 Å². The summed E-state index contributed by atoms with van der Waals surface area (Å²) in [6.07, 6.45) is 64.4. The fraction of sp³-hybridized carbons (Fsp3) is 0.683. The predicted molar refractivity (Wildman–Crippen MR) is 405 cm³/mol. The number of hydrogen-bond donors (Lipinski definition) is 0. The van der Waals surface area contributed by atoms with Gasteiger partial charge in [0, 0.05) is 0 Å². The number of hydrogen-bond acceptors (Lipinski definition) is 4. The Bertz CT molecular complexity index is 3040. The van der Waals surface area contributed by atoms with Crippen LogP contribution in [-0.2, 0) is 13.1 Å². The third-order valence-corrected chi connectivity index (χ3v) is 26.7. The number of aryl methyl sites for hydroxylation is 4. The van der Waals surface area contributed by atoms with E-state index >= 15 is 14.0 Å². The van der Waals surface area contributed by atoms with Crippen LogP contribution in [-0.4, -0.2) is 38.1 Å². The predicted octanol–water partition coefficient (Wildman–Crippen LogP) is 26.7. The number of thiophene rings is 2. The van der Waals surface area contributed by atoms with Crippen molar-refractivity contribution in [1.82, 2.24) is 9.13 Å². The van der Waals surface area contributed by atoms with Crippen LogP contribution in [0.1, 0.15) is 342 Å². The molecule has 0 bridgehead atoms. The summed E-state index contributed by atoms with van der Waals surface area (Å²) in [6.45, 7) is 14.4. The summed E-state index contributed by atoms with van der Waals surface area (Å²) in [4.78, 5) is 33.7. The molecular weight excluding hydrogens is 1300 g/mol. The Morgan fingerprint density at radius 3 is 1.04 bits per heavy atom. The van der Waals surface area contributed by atoms with Crippen LogP contribution < -0.4 is 11.1 Å². The van der Waals surface area contributed by atoms with E-state index in [9.17, 15) is 4.39 Å². The zero-order chi connectivity index (χ0) is 65.4. The van der Waals surface area contributed by atoms with Crippen LogP contribution >= 0.6 is 22.7 Å². The number of halogens is 2. The van der Waals surface area contributed by atoms with Crippen LogP contribution in [0.4, 0.5) is 8.78 Å². The first-order valence-corrected chi connectivity index (χ1v) is 43.3. The second kappa shape index (κ2) is 47.2. The molecule has 0 aromatic carbocycles. The molecule has 0 aliphatic rings. The van der Waals surface area contributed by atoms with Gasteiger partial charge < -0.3 is 0 Å². The van der Waals surface area contributed by atoms with E-state index in [1.807, 2.05) is 18.2 Å². The quantitative estimate of drug-likeness (QED) is 0.0282. The molecule has 92 heavy (non-hydrogen) atoms. The SMILES string of the molecule is CCCCCCCCCCCCC(CCCCCCCCCC)CCCCn1c(=O)c(-c2ccc(C)[se]2)cc2c1cc(-c1ccc(-c3sc(/C=C/c4cc(F)c(C)s4)cc3F)[se]1)c(=O)n2CCCCC(CCCCCCCCCC)CCCCCCCCCCCC. The van der Waals surface area contributed by atoms with E-state index in [4.69, 9.17) is 0 Å². The number of unbranched alkanes of at least 4 members (excludes halogenated alkanes) is 34. The third kappa shape index (κ3) is 28.7. The number of aromatic nitrogens is 2. The molecule has 0 saturated carbocycles. The molecule has 4 nitrogen and oxygen atoms in total. The van der Waals surface area contributed by atoms with Crippen molar-refractivity contribution in [3.63, 3.8) is 0 Å². The second-order valence-corrected chi connectivity index (χ2v) is 35.1. The maximum absolute atomic E-state index is 16.0. The number of pyridine rings is 2. The van der Waals surface area contributed by atoms with Gasteiger partial charge in [-0.15, -0.1) is 0 Å². The van der Waals surface area contributed by atoms with Crippen molar-refractivity contribution in [2.45, 2.75) is 350 Å². The van der Waals surface area contributed by atoms with Crippen molar-refractivity contribution in [1.29, 1.82) is 0 Å². The number of fused-ring (bicyclic) bond motifs is 1. The summed E-state index contributed by atoms with van der Waals surface area (Å²) in [6, 6.07) is 15.7. The van der Waals surface area contributed by atoms with Crippen LogP contribution in [0.5, 0.6) is 0 Å². The minimum atomic E-state index is -0.341. The summed E-state index contributed by atoms with van der Waals surface area (Å²) in [7, 11) is 0. The first-order chi connectivity index (χ1) is 45.0. The van der Waals surface area contributed by atoms with Crippen molar-refractivity contribution < 1.29 is 8.78 Å². The molecule has 6 aromatic heterocycles. The molecule has 0 aliphatic heterocycles. The minimum absolute atomic E-state index is 0.00186.